The molecule has 0 aromatic rings. The van der Waals surface area contributed by atoms with E-state index in [1.807, 2.05) is 0 Å². The van der Waals surface area contributed by atoms with Crippen LogP contribution in [0.4, 0.5) is 0 Å². The minimum atomic E-state index is 0.727. The van der Waals surface area contributed by atoms with Crippen molar-refractivity contribution in [3.05, 3.63) is 0 Å². The zero-order chi connectivity index (χ0) is 13.4. The Kier molecular flexibility index (Phi) is 7.87. The molecule has 2 unspecified atom stereocenters. The molecule has 1 heterocycles. The van der Waals surface area contributed by atoms with Crippen LogP contribution in [0.1, 0.15) is 46.0 Å². The fourth-order valence-electron chi connectivity index (χ4n) is 3.10. The zero-order valence-electron chi connectivity index (χ0n) is 12.9. The number of likely N-dealkylation sites (tertiary alicyclic amines) is 1. The SMILES string of the molecule is CCNC(CC)CCCN1CCCC1CN(C)C. The van der Waals surface area contributed by atoms with Gasteiger partial charge in [0.25, 0.3) is 0 Å². The van der Waals surface area contributed by atoms with Crippen molar-refractivity contribution < 1.29 is 0 Å². The Morgan fingerprint density at radius 3 is 2.72 bits per heavy atom. The van der Waals surface area contributed by atoms with Crippen molar-refractivity contribution in [3.63, 3.8) is 0 Å². The first-order valence-corrected chi connectivity index (χ1v) is 7.79. The number of rotatable bonds is 9. The predicted octanol–water partition coefficient (Wildman–Crippen LogP) is 2.18. The minimum absolute atomic E-state index is 0.727. The van der Waals surface area contributed by atoms with Crippen LogP contribution in [0.3, 0.4) is 0 Å². The molecule has 1 aliphatic rings. The molecule has 1 aliphatic heterocycles. The topological polar surface area (TPSA) is 18.5 Å². The Hall–Kier alpha value is -0.120. The fourth-order valence-corrected chi connectivity index (χ4v) is 3.10. The normalized spacial score (nSPS) is 22.8. The smallest absolute Gasteiger partial charge is 0.0223 e. The van der Waals surface area contributed by atoms with Crippen LogP contribution in [0.15, 0.2) is 0 Å². The summed E-state index contributed by atoms with van der Waals surface area (Å²) in [6.45, 7) is 9.43. The molecule has 1 fully saturated rings. The van der Waals surface area contributed by atoms with E-state index >= 15 is 0 Å². The highest BCUT2D eigenvalue weighted by molar-refractivity contribution is 4.81. The van der Waals surface area contributed by atoms with Gasteiger partial charge in [0.15, 0.2) is 0 Å². The van der Waals surface area contributed by atoms with Crippen molar-refractivity contribution >= 4 is 0 Å². The molecule has 1 N–H and O–H groups in total. The van der Waals surface area contributed by atoms with E-state index in [0.717, 1.165) is 18.6 Å². The number of hydrogen-bond acceptors (Lipinski definition) is 3. The van der Waals surface area contributed by atoms with E-state index in [1.54, 1.807) is 0 Å². The van der Waals surface area contributed by atoms with Gasteiger partial charge in [-0.1, -0.05) is 13.8 Å². The van der Waals surface area contributed by atoms with Crippen LogP contribution in [0.5, 0.6) is 0 Å². The maximum Gasteiger partial charge on any atom is 0.0223 e. The standard InChI is InChI=1S/C15H33N3/c1-5-14(16-6-2)9-7-11-18-12-8-10-15(18)13-17(3)4/h14-16H,5-13H2,1-4H3. The number of nitrogens with one attached hydrogen (secondary N) is 1. The highest BCUT2D eigenvalue weighted by Gasteiger charge is 2.24. The van der Waals surface area contributed by atoms with Gasteiger partial charge in [-0.05, 0) is 65.8 Å². The molecule has 1 rings (SSSR count). The highest BCUT2D eigenvalue weighted by Crippen LogP contribution is 2.18. The van der Waals surface area contributed by atoms with E-state index < -0.39 is 0 Å². The van der Waals surface area contributed by atoms with E-state index in [1.165, 1.54) is 51.7 Å². The summed E-state index contributed by atoms with van der Waals surface area (Å²) in [6, 6.07) is 1.53. The molecule has 0 bridgehead atoms. The summed E-state index contributed by atoms with van der Waals surface area (Å²) in [5.74, 6) is 0. The molecule has 0 aromatic carbocycles. The van der Waals surface area contributed by atoms with Crippen molar-refractivity contribution in [3.8, 4) is 0 Å². The van der Waals surface area contributed by atoms with E-state index in [9.17, 15) is 0 Å². The highest BCUT2D eigenvalue weighted by atomic mass is 15.2. The summed E-state index contributed by atoms with van der Waals surface area (Å²) in [5.41, 5.74) is 0. The molecule has 0 saturated carbocycles. The summed E-state index contributed by atoms with van der Waals surface area (Å²) in [6.07, 6.45) is 6.71. The molecular weight excluding hydrogens is 222 g/mol. The molecule has 3 nitrogen and oxygen atoms in total. The quantitative estimate of drug-likeness (QED) is 0.681. The first kappa shape index (κ1) is 15.9. The molecule has 0 spiro atoms. The third-order valence-corrected chi connectivity index (χ3v) is 4.06. The Morgan fingerprint density at radius 1 is 1.33 bits per heavy atom. The first-order chi connectivity index (χ1) is 8.67. The van der Waals surface area contributed by atoms with Crippen molar-refractivity contribution in [1.29, 1.82) is 0 Å². The lowest BCUT2D eigenvalue weighted by molar-refractivity contribution is 0.202. The molecule has 3 heteroatoms. The molecule has 0 aliphatic carbocycles. The maximum atomic E-state index is 3.57. The van der Waals surface area contributed by atoms with Gasteiger partial charge in [-0.25, -0.2) is 0 Å². The zero-order valence-corrected chi connectivity index (χ0v) is 12.9. The van der Waals surface area contributed by atoms with Crippen molar-refractivity contribution in [2.24, 2.45) is 0 Å². The summed E-state index contributed by atoms with van der Waals surface area (Å²) in [7, 11) is 4.38. The summed E-state index contributed by atoms with van der Waals surface area (Å²) >= 11 is 0. The van der Waals surface area contributed by atoms with Crippen LogP contribution in [0, 0.1) is 0 Å². The van der Waals surface area contributed by atoms with E-state index in [2.05, 4.69) is 43.1 Å². The van der Waals surface area contributed by atoms with Crippen molar-refractivity contribution in [2.45, 2.75) is 58.0 Å². The van der Waals surface area contributed by atoms with Gasteiger partial charge >= 0.3 is 0 Å². The number of nitrogens with zero attached hydrogens (tertiary/aromatic N) is 2. The third kappa shape index (κ3) is 5.68. The minimum Gasteiger partial charge on any atom is -0.314 e. The Balaban J connectivity index is 2.21. The second-order valence-electron chi connectivity index (χ2n) is 5.90. The lowest BCUT2D eigenvalue weighted by Gasteiger charge is -2.27. The maximum absolute atomic E-state index is 3.57. The van der Waals surface area contributed by atoms with Gasteiger partial charge in [-0.15, -0.1) is 0 Å². The average Bonchev–Trinajstić information content (AvgIpc) is 2.74. The van der Waals surface area contributed by atoms with Crippen LogP contribution >= 0.6 is 0 Å². The second-order valence-corrected chi connectivity index (χ2v) is 5.90. The second kappa shape index (κ2) is 8.89. The molecule has 108 valence electrons. The Morgan fingerprint density at radius 2 is 2.11 bits per heavy atom. The number of likely N-dealkylation sites (N-methyl/N-ethyl adjacent to an activating group) is 1. The van der Waals surface area contributed by atoms with Crippen LogP contribution in [0.25, 0.3) is 0 Å². The molecule has 0 amide bonds. The van der Waals surface area contributed by atoms with Gasteiger partial charge in [0.1, 0.15) is 0 Å². The average molecular weight is 255 g/mol. The van der Waals surface area contributed by atoms with E-state index in [4.69, 9.17) is 0 Å². The summed E-state index contributed by atoms with van der Waals surface area (Å²) in [4.78, 5) is 5.04. The molecule has 18 heavy (non-hydrogen) atoms. The monoisotopic (exact) mass is 255 g/mol. The van der Waals surface area contributed by atoms with Crippen molar-refractivity contribution in [2.75, 3.05) is 40.3 Å². The van der Waals surface area contributed by atoms with Crippen LogP contribution in [0.2, 0.25) is 0 Å². The molecular formula is C15H33N3. The van der Waals surface area contributed by atoms with Gasteiger partial charge in [0.2, 0.25) is 0 Å². The van der Waals surface area contributed by atoms with Crippen molar-refractivity contribution in [1.82, 2.24) is 15.1 Å². The first-order valence-electron chi connectivity index (χ1n) is 7.79. The fraction of sp³-hybridized carbons (Fsp3) is 1.00. The third-order valence-electron chi connectivity index (χ3n) is 4.06. The predicted molar refractivity (Wildman–Crippen MR) is 80.1 cm³/mol. The number of hydrogen-bond donors (Lipinski definition) is 1. The summed E-state index contributed by atoms with van der Waals surface area (Å²) < 4.78 is 0. The molecule has 0 aromatic heterocycles. The largest absolute Gasteiger partial charge is 0.314 e. The van der Waals surface area contributed by atoms with Crippen LogP contribution in [-0.4, -0.2) is 62.2 Å². The van der Waals surface area contributed by atoms with Gasteiger partial charge < -0.3 is 10.2 Å². The van der Waals surface area contributed by atoms with Gasteiger partial charge in [0.05, 0.1) is 0 Å². The van der Waals surface area contributed by atoms with Gasteiger partial charge in [-0.3, -0.25) is 4.90 Å². The Bertz CT molecular complexity index is 206. The Labute approximate surface area is 114 Å². The van der Waals surface area contributed by atoms with Crippen LogP contribution < -0.4 is 5.32 Å². The van der Waals surface area contributed by atoms with E-state index in [-0.39, 0.29) is 0 Å². The lowest BCUT2D eigenvalue weighted by Crippen LogP contribution is -2.38. The van der Waals surface area contributed by atoms with Gasteiger partial charge in [-0.2, -0.15) is 0 Å². The molecule has 1 saturated heterocycles. The lowest BCUT2D eigenvalue weighted by atomic mass is 10.1. The van der Waals surface area contributed by atoms with Gasteiger partial charge in [0, 0.05) is 18.6 Å². The molecule has 0 radical (unpaired) electrons. The molecule has 2 atom stereocenters. The van der Waals surface area contributed by atoms with Crippen LogP contribution in [-0.2, 0) is 0 Å². The summed E-state index contributed by atoms with van der Waals surface area (Å²) in [5, 5.41) is 3.57. The van der Waals surface area contributed by atoms with E-state index in [0.29, 0.717) is 0 Å².